The second-order valence-electron chi connectivity index (χ2n) is 7.68. The Bertz CT molecular complexity index is 1040. The maximum Gasteiger partial charge on any atom is 0.254 e. The van der Waals surface area contributed by atoms with E-state index in [4.69, 9.17) is 14.0 Å². The molecule has 3 heterocycles. The minimum absolute atomic E-state index is 0.0391. The van der Waals surface area contributed by atoms with E-state index >= 15 is 0 Å². The van der Waals surface area contributed by atoms with Crippen LogP contribution in [0.15, 0.2) is 53.1 Å². The lowest BCUT2D eigenvalue weighted by atomic mass is 10.1. The summed E-state index contributed by atoms with van der Waals surface area (Å²) in [6.45, 7) is 4.29. The van der Waals surface area contributed by atoms with Gasteiger partial charge in [-0.15, -0.1) is 0 Å². The largest absolute Gasteiger partial charge is 0.454 e. The maximum atomic E-state index is 12.8. The summed E-state index contributed by atoms with van der Waals surface area (Å²) in [5.41, 5.74) is 1.60. The van der Waals surface area contributed by atoms with E-state index in [1.54, 1.807) is 18.2 Å². The third kappa shape index (κ3) is 4.39. The highest BCUT2D eigenvalue weighted by atomic mass is 16.7. The number of carbonyl (C=O) groups excluding carboxylic acids is 1. The molecule has 0 N–H and O–H groups in total. The van der Waals surface area contributed by atoms with Gasteiger partial charge in [0.2, 0.25) is 18.5 Å². The van der Waals surface area contributed by atoms with Crippen LogP contribution >= 0.6 is 0 Å². The lowest BCUT2D eigenvalue weighted by Gasteiger charge is -2.34. The molecular weight excluding hydrogens is 396 g/mol. The van der Waals surface area contributed by atoms with Crippen molar-refractivity contribution in [3.63, 3.8) is 0 Å². The van der Waals surface area contributed by atoms with Crippen molar-refractivity contribution in [3.8, 4) is 22.9 Å². The third-order valence-corrected chi connectivity index (χ3v) is 5.64. The molecule has 0 atom stereocenters. The molecule has 1 aromatic heterocycles. The lowest BCUT2D eigenvalue weighted by molar-refractivity contribution is 0.0635. The predicted octanol–water partition coefficient (Wildman–Crippen LogP) is 2.86. The molecule has 3 aromatic rings. The molecule has 2 aliphatic heterocycles. The molecule has 1 saturated heterocycles. The number of benzene rings is 2. The average molecular weight is 420 g/mol. The Hall–Kier alpha value is -3.39. The fourth-order valence-corrected chi connectivity index (χ4v) is 3.90. The standard InChI is InChI=1S/C23H24N4O4/c28-23(18-8-9-19-20(15-18)30-16-29-19)27-13-11-26(12-14-27)10-4-7-21-24-22(25-31-21)17-5-2-1-3-6-17/h1-3,5-6,8-9,15H,4,7,10-14,16H2. The number of ether oxygens (including phenoxy) is 2. The zero-order valence-electron chi connectivity index (χ0n) is 17.2. The summed E-state index contributed by atoms with van der Waals surface area (Å²) in [6.07, 6.45) is 1.68. The van der Waals surface area contributed by atoms with E-state index < -0.39 is 0 Å². The normalized spacial score (nSPS) is 15.9. The highest BCUT2D eigenvalue weighted by molar-refractivity contribution is 5.95. The smallest absolute Gasteiger partial charge is 0.254 e. The van der Waals surface area contributed by atoms with Gasteiger partial charge in [0, 0.05) is 43.7 Å². The quantitative estimate of drug-likeness (QED) is 0.607. The van der Waals surface area contributed by atoms with Gasteiger partial charge in [-0.2, -0.15) is 4.98 Å². The van der Waals surface area contributed by atoms with Gasteiger partial charge in [0.15, 0.2) is 11.5 Å². The number of fused-ring (bicyclic) bond motifs is 1. The molecule has 0 bridgehead atoms. The van der Waals surface area contributed by atoms with Crippen molar-refractivity contribution in [3.05, 3.63) is 60.0 Å². The Kier molecular flexibility index (Phi) is 5.54. The number of nitrogens with zero attached hydrogens (tertiary/aromatic N) is 4. The molecule has 0 unspecified atom stereocenters. The van der Waals surface area contributed by atoms with Crippen molar-refractivity contribution in [1.82, 2.24) is 19.9 Å². The molecule has 2 aromatic carbocycles. The molecule has 31 heavy (non-hydrogen) atoms. The van der Waals surface area contributed by atoms with Gasteiger partial charge in [-0.25, -0.2) is 0 Å². The van der Waals surface area contributed by atoms with Crippen molar-refractivity contribution in [1.29, 1.82) is 0 Å². The molecule has 2 aliphatic rings. The van der Waals surface area contributed by atoms with Crippen LogP contribution in [0.1, 0.15) is 22.7 Å². The molecule has 8 nitrogen and oxygen atoms in total. The number of hydrogen-bond donors (Lipinski definition) is 0. The zero-order valence-corrected chi connectivity index (χ0v) is 17.2. The van der Waals surface area contributed by atoms with Gasteiger partial charge in [-0.1, -0.05) is 35.5 Å². The Balaban J connectivity index is 1.08. The Labute approximate surface area is 180 Å². The first-order chi connectivity index (χ1) is 15.3. The summed E-state index contributed by atoms with van der Waals surface area (Å²) in [7, 11) is 0. The van der Waals surface area contributed by atoms with Gasteiger partial charge in [0.05, 0.1) is 0 Å². The minimum atomic E-state index is 0.0391. The lowest BCUT2D eigenvalue weighted by Crippen LogP contribution is -2.48. The van der Waals surface area contributed by atoms with E-state index in [-0.39, 0.29) is 12.7 Å². The number of rotatable bonds is 6. The van der Waals surface area contributed by atoms with Crippen LogP contribution in [0.2, 0.25) is 0 Å². The van der Waals surface area contributed by atoms with Gasteiger partial charge in [0.25, 0.3) is 5.91 Å². The zero-order chi connectivity index (χ0) is 21.0. The van der Waals surface area contributed by atoms with E-state index in [1.807, 2.05) is 35.2 Å². The number of piperazine rings is 1. The average Bonchev–Trinajstić information content (AvgIpc) is 3.49. The summed E-state index contributed by atoms with van der Waals surface area (Å²) in [6, 6.07) is 15.2. The topological polar surface area (TPSA) is 80.9 Å². The van der Waals surface area contributed by atoms with Gasteiger partial charge >= 0.3 is 0 Å². The summed E-state index contributed by atoms with van der Waals surface area (Å²) in [5, 5.41) is 4.07. The number of hydrogen-bond acceptors (Lipinski definition) is 7. The number of aromatic nitrogens is 2. The summed E-state index contributed by atoms with van der Waals surface area (Å²) in [5.74, 6) is 2.67. The van der Waals surface area contributed by atoms with Gasteiger partial charge < -0.3 is 18.9 Å². The Morgan fingerprint density at radius 2 is 1.77 bits per heavy atom. The van der Waals surface area contributed by atoms with Crippen LogP contribution in [0.3, 0.4) is 0 Å². The van der Waals surface area contributed by atoms with Crippen LogP contribution in [0.5, 0.6) is 11.5 Å². The highest BCUT2D eigenvalue weighted by Gasteiger charge is 2.24. The monoisotopic (exact) mass is 420 g/mol. The first kappa shape index (κ1) is 19.6. The minimum Gasteiger partial charge on any atom is -0.454 e. The van der Waals surface area contributed by atoms with Crippen LogP contribution in [-0.4, -0.2) is 65.4 Å². The molecule has 160 valence electrons. The third-order valence-electron chi connectivity index (χ3n) is 5.64. The summed E-state index contributed by atoms with van der Waals surface area (Å²) >= 11 is 0. The fraction of sp³-hybridized carbons (Fsp3) is 0.348. The van der Waals surface area contributed by atoms with Gasteiger partial charge in [-0.3, -0.25) is 9.69 Å². The summed E-state index contributed by atoms with van der Waals surface area (Å²) < 4.78 is 16.1. The van der Waals surface area contributed by atoms with Crippen molar-refractivity contribution in [2.24, 2.45) is 0 Å². The van der Waals surface area contributed by atoms with Crippen molar-refractivity contribution in [2.45, 2.75) is 12.8 Å². The second-order valence-corrected chi connectivity index (χ2v) is 7.68. The molecule has 0 aliphatic carbocycles. The molecule has 0 spiro atoms. The number of amides is 1. The first-order valence-corrected chi connectivity index (χ1v) is 10.6. The maximum absolute atomic E-state index is 12.8. The van der Waals surface area contributed by atoms with Crippen LogP contribution in [0.4, 0.5) is 0 Å². The van der Waals surface area contributed by atoms with E-state index in [9.17, 15) is 4.79 Å². The fourth-order valence-electron chi connectivity index (χ4n) is 3.90. The number of aryl methyl sites for hydroxylation is 1. The van der Waals surface area contributed by atoms with Crippen LogP contribution in [0, 0.1) is 0 Å². The molecule has 1 fully saturated rings. The Morgan fingerprint density at radius 1 is 0.968 bits per heavy atom. The van der Waals surface area contributed by atoms with Gasteiger partial charge in [0.1, 0.15) is 0 Å². The van der Waals surface area contributed by atoms with E-state index in [0.717, 1.165) is 38.0 Å². The molecule has 0 saturated carbocycles. The Morgan fingerprint density at radius 3 is 2.61 bits per heavy atom. The highest BCUT2D eigenvalue weighted by Crippen LogP contribution is 2.32. The predicted molar refractivity (Wildman–Crippen MR) is 113 cm³/mol. The molecule has 8 heteroatoms. The van der Waals surface area contributed by atoms with Crippen molar-refractivity contribution >= 4 is 5.91 Å². The van der Waals surface area contributed by atoms with E-state index in [2.05, 4.69) is 15.0 Å². The van der Waals surface area contributed by atoms with Crippen molar-refractivity contribution < 1.29 is 18.8 Å². The van der Waals surface area contributed by atoms with Crippen LogP contribution < -0.4 is 9.47 Å². The SMILES string of the molecule is O=C(c1ccc2c(c1)OCO2)N1CCN(CCCc2nc(-c3ccccc3)no2)CC1. The first-order valence-electron chi connectivity index (χ1n) is 10.6. The molecule has 0 radical (unpaired) electrons. The van der Waals surface area contributed by atoms with E-state index in [1.165, 1.54) is 0 Å². The van der Waals surface area contributed by atoms with Crippen LogP contribution in [0.25, 0.3) is 11.4 Å². The number of carbonyl (C=O) groups is 1. The molecule has 5 rings (SSSR count). The van der Waals surface area contributed by atoms with Crippen LogP contribution in [-0.2, 0) is 6.42 Å². The second kappa shape index (κ2) is 8.77. The summed E-state index contributed by atoms with van der Waals surface area (Å²) in [4.78, 5) is 21.6. The molecule has 1 amide bonds. The van der Waals surface area contributed by atoms with E-state index in [0.29, 0.717) is 41.9 Å². The molecular formula is C23H24N4O4. The van der Waals surface area contributed by atoms with Gasteiger partial charge in [-0.05, 0) is 31.2 Å². The van der Waals surface area contributed by atoms with Crippen molar-refractivity contribution in [2.75, 3.05) is 39.5 Å².